The van der Waals surface area contributed by atoms with Crippen LogP contribution in [0.1, 0.15) is 40.5 Å². The molecule has 3 rings (SSSR count). The number of anilines is 1. The minimum absolute atomic E-state index is 0.612. The molecular weight excluding hydrogens is 322 g/mol. The van der Waals surface area contributed by atoms with E-state index < -0.39 is 0 Å². The Morgan fingerprint density at radius 2 is 2.26 bits per heavy atom. The summed E-state index contributed by atoms with van der Waals surface area (Å²) in [6.45, 7) is 0. The zero-order valence-electron chi connectivity index (χ0n) is 10.2. The maximum Gasteiger partial charge on any atom is 0.180 e. The first-order valence-electron chi connectivity index (χ1n) is 6.11. The monoisotopic (exact) mass is 333 g/mol. The van der Waals surface area contributed by atoms with Gasteiger partial charge in [-0.25, -0.2) is 4.98 Å². The lowest BCUT2D eigenvalue weighted by atomic mass is 10.1. The number of aromatic nitrogens is 1. The van der Waals surface area contributed by atoms with Crippen molar-refractivity contribution in [2.75, 3.05) is 5.73 Å². The number of nitrogens with zero attached hydrogens (tertiary/aromatic N) is 2. The first-order chi connectivity index (χ1) is 9.17. The van der Waals surface area contributed by atoms with Crippen molar-refractivity contribution >= 4 is 32.4 Å². The molecule has 0 spiro atoms. The highest BCUT2D eigenvalue weighted by molar-refractivity contribution is 9.10. The van der Waals surface area contributed by atoms with E-state index in [1.165, 1.54) is 29.0 Å². The Kier molecular flexibility index (Phi) is 3.29. The molecular formula is C14H12BrN3S. The average molecular weight is 334 g/mol. The summed E-state index contributed by atoms with van der Waals surface area (Å²) >= 11 is 5.11. The number of thiazole rings is 1. The van der Waals surface area contributed by atoms with Crippen LogP contribution in [0.3, 0.4) is 0 Å². The molecule has 0 bridgehead atoms. The zero-order chi connectivity index (χ0) is 13.4. The van der Waals surface area contributed by atoms with Gasteiger partial charge in [-0.15, -0.1) is 11.3 Å². The number of benzene rings is 1. The Labute approximate surface area is 124 Å². The number of hydrogen-bond acceptors (Lipinski definition) is 4. The number of nitrogen functional groups attached to an aromatic ring is 1. The second-order valence-corrected chi connectivity index (χ2v) is 6.70. The molecule has 1 aromatic carbocycles. The molecule has 3 nitrogen and oxygen atoms in total. The third-order valence-corrected chi connectivity index (χ3v) is 4.88. The molecule has 1 heterocycles. The van der Waals surface area contributed by atoms with Crippen molar-refractivity contribution in [1.29, 1.82) is 5.26 Å². The Balaban J connectivity index is 1.91. The number of rotatable bonds is 3. The molecule has 1 aromatic heterocycles. The van der Waals surface area contributed by atoms with E-state index in [2.05, 4.69) is 27.0 Å². The fourth-order valence-corrected chi connectivity index (χ4v) is 3.58. The van der Waals surface area contributed by atoms with Crippen LogP contribution in [0, 0.1) is 11.3 Å². The molecule has 1 saturated carbocycles. The van der Waals surface area contributed by atoms with Crippen molar-refractivity contribution in [2.24, 2.45) is 0 Å². The molecule has 1 fully saturated rings. The van der Waals surface area contributed by atoms with Gasteiger partial charge in [0.05, 0.1) is 17.3 Å². The van der Waals surface area contributed by atoms with Crippen molar-refractivity contribution < 1.29 is 0 Å². The van der Waals surface area contributed by atoms with Gasteiger partial charge in [0.15, 0.2) is 5.13 Å². The summed E-state index contributed by atoms with van der Waals surface area (Å²) in [4.78, 5) is 5.72. The Bertz CT molecular complexity index is 668. The second-order valence-electron chi connectivity index (χ2n) is 4.73. The summed E-state index contributed by atoms with van der Waals surface area (Å²) in [7, 11) is 0. The van der Waals surface area contributed by atoms with Gasteiger partial charge in [0.1, 0.15) is 0 Å². The topological polar surface area (TPSA) is 62.7 Å². The van der Waals surface area contributed by atoms with Crippen LogP contribution >= 0.6 is 27.3 Å². The maximum absolute atomic E-state index is 8.88. The largest absolute Gasteiger partial charge is 0.375 e. The van der Waals surface area contributed by atoms with E-state index in [9.17, 15) is 0 Å². The lowest BCUT2D eigenvalue weighted by molar-refractivity contribution is 1.01. The van der Waals surface area contributed by atoms with E-state index in [4.69, 9.17) is 11.0 Å². The van der Waals surface area contributed by atoms with Crippen LogP contribution in [0.5, 0.6) is 0 Å². The quantitative estimate of drug-likeness (QED) is 0.928. The molecule has 2 N–H and O–H groups in total. The van der Waals surface area contributed by atoms with Gasteiger partial charge in [0.2, 0.25) is 0 Å². The van der Waals surface area contributed by atoms with Gasteiger partial charge in [0, 0.05) is 21.7 Å². The third kappa shape index (κ3) is 2.65. The van der Waals surface area contributed by atoms with Crippen LogP contribution in [-0.2, 0) is 6.42 Å². The molecule has 0 unspecified atom stereocenters. The summed E-state index contributed by atoms with van der Waals surface area (Å²) in [5.74, 6) is 0.612. The van der Waals surface area contributed by atoms with E-state index in [1.54, 1.807) is 11.3 Å². The average Bonchev–Trinajstić information content (AvgIpc) is 3.16. The van der Waals surface area contributed by atoms with Gasteiger partial charge in [-0.05, 0) is 30.5 Å². The maximum atomic E-state index is 8.88. The van der Waals surface area contributed by atoms with Crippen molar-refractivity contribution in [3.05, 3.63) is 44.4 Å². The Morgan fingerprint density at radius 3 is 2.89 bits per heavy atom. The van der Waals surface area contributed by atoms with E-state index in [0.717, 1.165) is 10.9 Å². The van der Waals surface area contributed by atoms with Crippen LogP contribution in [0.2, 0.25) is 0 Å². The predicted octanol–water partition coefficient (Wildman–Crippen LogP) is 3.83. The van der Waals surface area contributed by atoms with E-state index >= 15 is 0 Å². The van der Waals surface area contributed by atoms with Crippen LogP contribution in [-0.4, -0.2) is 4.98 Å². The lowest BCUT2D eigenvalue weighted by Gasteiger charge is -2.04. The van der Waals surface area contributed by atoms with Crippen LogP contribution in [0.4, 0.5) is 5.13 Å². The molecule has 0 amide bonds. The molecule has 0 saturated heterocycles. The Morgan fingerprint density at radius 1 is 1.47 bits per heavy atom. The van der Waals surface area contributed by atoms with Gasteiger partial charge < -0.3 is 5.73 Å². The third-order valence-electron chi connectivity index (χ3n) is 3.24. The first-order valence-corrected chi connectivity index (χ1v) is 7.72. The number of nitriles is 1. The van der Waals surface area contributed by atoms with Crippen molar-refractivity contribution in [3.63, 3.8) is 0 Å². The normalized spacial score (nSPS) is 14.3. The molecule has 2 aromatic rings. The molecule has 1 aliphatic carbocycles. The molecule has 5 heteroatoms. The van der Waals surface area contributed by atoms with Crippen LogP contribution in [0.15, 0.2) is 22.7 Å². The van der Waals surface area contributed by atoms with E-state index in [1.807, 2.05) is 18.2 Å². The minimum Gasteiger partial charge on any atom is -0.375 e. The molecule has 19 heavy (non-hydrogen) atoms. The fourth-order valence-electron chi connectivity index (χ4n) is 2.12. The predicted molar refractivity (Wildman–Crippen MR) is 80.2 cm³/mol. The molecule has 96 valence electrons. The number of hydrogen-bond donors (Lipinski definition) is 1. The summed E-state index contributed by atoms with van der Waals surface area (Å²) in [6.07, 6.45) is 3.28. The van der Waals surface area contributed by atoms with Crippen molar-refractivity contribution in [2.45, 2.75) is 25.2 Å². The van der Waals surface area contributed by atoms with Crippen LogP contribution < -0.4 is 5.73 Å². The highest BCUT2D eigenvalue weighted by Crippen LogP contribution is 2.44. The summed E-state index contributed by atoms with van der Waals surface area (Å²) in [5, 5.41) is 9.53. The lowest BCUT2D eigenvalue weighted by Crippen LogP contribution is -1.93. The van der Waals surface area contributed by atoms with Gasteiger partial charge in [-0.2, -0.15) is 5.26 Å². The minimum atomic E-state index is 0.612. The Hall–Kier alpha value is -1.38. The summed E-state index contributed by atoms with van der Waals surface area (Å²) < 4.78 is 0.972. The highest BCUT2D eigenvalue weighted by atomic mass is 79.9. The van der Waals surface area contributed by atoms with Crippen molar-refractivity contribution in [1.82, 2.24) is 4.98 Å². The van der Waals surface area contributed by atoms with Gasteiger partial charge in [0.25, 0.3) is 0 Å². The van der Waals surface area contributed by atoms with Gasteiger partial charge in [-0.3, -0.25) is 0 Å². The smallest absolute Gasteiger partial charge is 0.180 e. The van der Waals surface area contributed by atoms with Crippen molar-refractivity contribution in [3.8, 4) is 6.07 Å². The summed E-state index contributed by atoms with van der Waals surface area (Å²) in [5.41, 5.74) is 8.85. The highest BCUT2D eigenvalue weighted by Gasteiger charge is 2.29. The van der Waals surface area contributed by atoms with Gasteiger partial charge in [-0.1, -0.05) is 22.0 Å². The summed E-state index contributed by atoms with van der Waals surface area (Å²) in [6, 6.07) is 7.84. The van der Waals surface area contributed by atoms with E-state index in [0.29, 0.717) is 16.6 Å². The standard InChI is InChI=1S/C14H12BrN3S/c15-11-5-8(7-16)1-2-10(11)6-12-13(9-3-4-9)18-14(17)19-12/h1-2,5,9H,3-4,6H2,(H2,17,18). The molecule has 0 aliphatic heterocycles. The SMILES string of the molecule is N#Cc1ccc(Cc2sc(N)nc2C2CC2)c(Br)c1. The molecule has 0 radical (unpaired) electrons. The number of halogens is 1. The first kappa shape index (κ1) is 12.6. The zero-order valence-corrected chi connectivity index (χ0v) is 12.6. The molecule has 1 aliphatic rings. The number of nitrogens with two attached hydrogens (primary N) is 1. The van der Waals surface area contributed by atoms with Crippen LogP contribution in [0.25, 0.3) is 0 Å². The fraction of sp³-hybridized carbons (Fsp3) is 0.286. The molecule has 0 atom stereocenters. The van der Waals surface area contributed by atoms with Gasteiger partial charge >= 0.3 is 0 Å². The van der Waals surface area contributed by atoms with E-state index in [-0.39, 0.29) is 0 Å². The second kappa shape index (κ2) is 4.95.